The highest BCUT2D eigenvalue weighted by atomic mass is 16.4. The molecule has 0 saturated heterocycles. The van der Waals surface area contributed by atoms with Crippen molar-refractivity contribution in [1.29, 1.82) is 0 Å². The Kier molecular flexibility index (Phi) is 3.87. The van der Waals surface area contributed by atoms with E-state index < -0.39 is 17.8 Å². The molecule has 1 aromatic carbocycles. The highest BCUT2D eigenvalue weighted by Crippen LogP contribution is 2.48. The Hall–Kier alpha value is -2.89. The van der Waals surface area contributed by atoms with Crippen molar-refractivity contribution in [1.82, 2.24) is 14.9 Å². The Balaban J connectivity index is 1.40. The minimum Gasteiger partial charge on any atom is -0.481 e. The van der Waals surface area contributed by atoms with Gasteiger partial charge < -0.3 is 15.0 Å². The van der Waals surface area contributed by atoms with E-state index in [1.165, 1.54) is 0 Å². The first-order chi connectivity index (χ1) is 12.1. The van der Waals surface area contributed by atoms with Gasteiger partial charge >= 0.3 is 5.97 Å². The highest BCUT2D eigenvalue weighted by Gasteiger charge is 2.51. The van der Waals surface area contributed by atoms with Gasteiger partial charge in [-0.2, -0.15) is 0 Å². The monoisotopic (exact) mass is 337 g/mol. The van der Waals surface area contributed by atoms with Gasteiger partial charge in [0, 0.05) is 24.6 Å². The van der Waals surface area contributed by atoms with Gasteiger partial charge in [-0.25, -0.2) is 4.98 Å². The van der Waals surface area contributed by atoms with Gasteiger partial charge in [0.2, 0.25) is 5.91 Å². The SMILES string of the molecule is O=C(O)[C@@H]1[C@@H](C(=O)NCc2ccc(-n3ccnc3)cc2)[C@H]2C=C[C@H]1C2. The van der Waals surface area contributed by atoms with Crippen LogP contribution in [0.2, 0.25) is 0 Å². The molecule has 25 heavy (non-hydrogen) atoms. The first-order valence-electron chi connectivity index (χ1n) is 8.39. The van der Waals surface area contributed by atoms with Crippen molar-refractivity contribution < 1.29 is 14.7 Å². The topological polar surface area (TPSA) is 84.2 Å². The number of allylic oxidation sites excluding steroid dienone is 2. The van der Waals surface area contributed by atoms with Crippen molar-refractivity contribution in [3.05, 3.63) is 60.7 Å². The van der Waals surface area contributed by atoms with Gasteiger partial charge in [-0.1, -0.05) is 24.3 Å². The summed E-state index contributed by atoms with van der Waals surface area (Å²) in [7, 11) is 0. The van der Waals surface area contributed by atoms with Crippen LogP contribution in [0.5, 0.6) is 0 Å². The van der Waals surface area contributed by atoms with Crippen molar-refractivity contribution in [3.8, 4) is 5.69 Å². The molecule has 2 aliphatic carbocycles. The number of aromatic nitrogens is 2. The number of carbonyl (C=O) groups is 2. The van der Waals surface area contributed by atoms with Crippen LogP contribution in [0.15, 0.2) is 55.1 Å². The lowest BCUT2D eigenvalue weighted by Gasteiger charge is -2.23. The normalized spacial score (nSPS) is 26.7. The lowest BCUT2D eigenvalue weighted by Crippen LogP contribution is -2.39. The number of fused-ring (bicyclic) bond motifs is 2. The van der Waals surface area contributed by atoms with E-state index in [1.54, 1.807) is 12.5 Å². The molecular formula is C19H19N3O3. The minimum atomic E-state index is -0.873. The maximum atomic E-state index is 12.6. The molecule has 2 aliphatic rings. The van der Waals surface area contributed by atoms with Gasteiger partial charge in [-0.05, 0) is 36.0 Å². The van der Waals surface area contributed by atoms with Crippen molar-refractivity contribution in [2.24, 2.45) is 23.7 Å². The molecular weight excluding hydrogens is 318 g/mol. The summed E-state index contributed by atoms with van der Waals surface area (Å²) in [4.78, 5) is 28.1. The van der Waals surface area contributed by atoms with E-state index in [4.69, 9.17) is 0 Å². The predicted molar refractivity (Wildman–Crippen MR) is 90.8 cm³/mol. The molecule has 1 fully saturated rings. The standard InChI is InChI=1S/C19H19N3O3/c23-18(16-13-3-4-14(9-13)17(16)19(24)25)21-10-12-1-5-15(6-2-12)22-8-7-20-11-22/h1-8,11,13-14,16-17H,9-10H2,(H,21,23)(H,24,25)/t13-,14-,16-,17-/m0/s1. The molecule has 4 atom stereocenters. The van der Waals surface area contributed by atoms with Crippen molar-refractivity contribution >= 4 is 11.9 Å². The van der Waals surface area contributed by atoms with Gasteiger partial charge in [-0.15, -0.1) is 0 Å². The maximum Gasteiger partial charge on any atom is 0.307 e. The third kappa shape index (κ3) is 2.84. The lowest BCUT2D eigenvalue weighted by molar-refractivity contribution is -0.147. The molecule has 0 radical (unpaired) electrons. The molecule has 4 rings (SSSR count). The summed E-state index contributed by atoms with van der Waals surface area (Å²) >= 11 is 0. The van der Waals surface area contributed by atoms with Gasteiger partial charge in [0.1, 0.15) is 0 Å². The number of hydrogen-bond acceptors (Lipinski definition) is 3. The average molecular weight is 337 g/mol. The summed E-state index contributed by atoms with van der Waals surface area (Å²) < 4.78 is 1.90. The second-order valence-corrected chi connectivity index (χ2v) is 6.69. The second-order valence-electron chi connectivity index (χ2n) is 6.69. The number of rotatable bonds is 5. The second kappa shape index (κ2) is 6.20. The summed E-state index contributed by atoms with van der Waals surface area (Å²) in [6, 6.07) is 7.82. The number of carboxylic acids is 1. The fourth-order valence-electron chi connectivity index (χ4n) is 4.02. The number of benzene rings is 1. The van der Waals surface area contributed by atoms with E-state index in [0.29, 0.717) is 6.54 Å². The number of hydrogen-bond donors (Lipinski definition) is 2. The summed E-state index contributed by atoms with van der Waals surface area (Å²) in [5.74, 6) is -2.05. The fraction of sp³-hybridized carbons (Fsp3) is 0.316. The van der Waals surface area contributed by atoms with Gasteiger partial charge in [0.15, 0.2) is 0 Å². The van der Waals surface area contributed by atoms with Crippen LogP contribution < -0.4 is 5.32 Å². The van der Waals surface area contributed by atoms with Crippen molar-refractivity contribution in [2.75, 3.05) is 0 Å². The summed E-state index contributed by atoms with van der Waals surface area (Å²) in [6.07, 6.45) is 10.0. The largest absolute Gasteiger partial charge is 0.481 e. The molecule has 0 spiro atoms. The Morgan fingerprint density at radius 1 is 1.16 bits per heavy atom. The molecule has 1 amide bonds. The zero-order valence-corrected chi connectivity index (χ0v) is 13.6. The maximum absolute atomic E-state index is 12.6. The Morgan fingerprint density at radius 2 is 1.88 bits per heavy atom. The van der Waals surface area contributed by atoms with Gasteiger partial charge in [0.25, 0.3) is 0 Å². The Bertz CT molecular complexity index is 811. The first kappa shape index (κ1) is 15.6. The van der Waals surface area contributed by atoms with Gasteiger partial charge in [-0.3, -0.25) is 9.59 Å². The van der Waals surface area contributed by atoms with Crippen LogP contribution in [-0.4, -0.2) is 26.5 Å². The molecule has 0 aliphatic heterocycles. The zero-order chi connectivity index (χ0) is 17.4. The number of nitrogens with one attached hydrogen (secondary N) is 1. The Morgan fingerprint density at radius 3 is 2.52 bits per heavy atom. The summed E-state index contributed by atoms with van der Waals surface area (Å²) in [5.41, 5.74) is 1.97. The number of aliphatic carboxylic acids is 1. The molecule has 1 aromatic heterocycles. The Labute approximate surface area is 145 Å². The van der Waals surface area contributed by atoms with E-state index in [-0.39, 0.29) is 17.7 Å². The van der Waals surface area contributed by atoms with E-state index in [2.05, 4.69) is 10.3 Å². The molecule has 1 heterocycles. The predicted octanol–water partition coefficient (Wildman–Crippen LogP) is 2.01. The van der Waals surface area contributed by atoms with Crippen LogP contribution in [0.3, 0.4) is 0 Å². The number of amides is 1. The van der Waals surface area contributed by atoms with Crippen LogP contribution in [-0.2, 0) is 16.1 Å². The number of imidazole rings is 1. The number of carboxylic acid groups (broad SMARTS) is 1. The molecule has 6 heteroatoms. The number of carbonyl (C=O) groups excluding carboxylic acids is 1. The smallest absolute Gasteiger partial charge is 0.307 e. The molecule has 0 unspecified atom stereocenters. The highest BCUT2D eigenvalue weighted by molar-refractivity contribution is 5.86. The third-order valence-corrected chi connectivity index (χ3v) is 5.25. The molecule has 2 bridgehead atoms. The first-order valence-corrected chi connectivity index (χ1v) is 8.39. The summed E-state index contributed by atoms with van der Waals surface area (Å²) in [6.45, 7) is 0.396. The van der Waals surface area contributed by atoms with Crippen LogP contribution >= 0.6 is 0 Å². The summed E-state index contributed by atoms with van der Waals surface area (Å²) in [5, 5.41) is 12.3. The average Bonchev–Trinajstić information content (AvgIpc) is 3.36. The zero-order valence-electron chi connectivity index (χ0n) is 13.6. The molecule has 2 aromatic rings. The van der Waals surface area contributed by atoms with Crippen LogP contribution in [0.1, 0.15) is 12.0 Å². The lowest BCUT2D eigenvalue weighted by atomic mass is 9.82. The molecule has 6 nitrogen and oxygen atoms in total. The number of nitrogens with zero attached hydrogens (tertiary/aromatic N) is 2. The quantitative estimate of drug-likeness (QED) is 0.818. The van der Waals surface area contributed by atoms with Gasteiger partial charge in [0.05, 0.1) is 18.2 Å². The van der Waals surface area contributed by atoms with E-state index in [9.17, 15) is 14.7 Å². The fourth-order valence-corrected chi connectivity index (χ4v) is 4.02. The van der Waals surface area contributed by atoms with Crippen LogP contribution in [0.25, 0.3) is 5.69 Å². The van der Waals surface area contributed by atoms with Crippen LogP contribution in [0.4, 0.5) is 0 Å². The van der Waals surface area contributed by atoms with E-state index in [0.717, 1.165) is 17.7 Å². The van der Waals surface area contributed by atoms with E-state index >= 15 is 0 Å². The molecule has 128 valence electrons. The minimum absolute atomic E-state index is 0.00675. The third-order valence-electron chi connectivity index (χ3n) is 5.25. The molecule has 1 saturated carbocycles. The van der Waals surface area contributed by atoms with Crippen LogP contribution in [0, 0.1) is 23.7 Å². The van der Waals surface area contributed by atoms with Crippen molar-refractivity contribution in [2.45, 2.75) is 13.0 Å². The van der Waals surface area contributed by atoms with Crippen molar-refractivity contribution in [3.63, 3.8) is 0 Å². The van der Waals surface area contributed by atoms with E-state index in [1.807, 2.05) is 47.2 Å². The molecule has 2 N–H and O–H groups in total.